The Balaban J connectivity index is 0.875. The van der Waals surface area contributed by atoms with Crippen LogP contribution in [0.15, 0.2) is 322 Å². The van der Waals surface area contributed by atoms with Crippen molar-refractivity contribution in [3.8, 4) is 78.5 Å². The highest BCUT2D eigenvalue weighted by atomic mass is 32.1. The number of anilines is 3. The number of benzene rings is 15. The number of hydrogen-bond donors (Lipinski definition) is 0. The van der Waals surface area contributed by atoms with Crippen molar-refractivity contribution in [2.45, 2.75) is 26.2 Å². The van der Waals surface area contributed by atoms with E-state index in [9.17, 15) is 0 Å². The van der Waals surface area contributed by atoms with E-state index in [2.05, 4.69) is 356 Å². The number of nitrogens with zero attached hydrogens (tertiary/aromatic N) is 3. The maximum Gasteiger partial charge on any atom is 0.256 e. The van der Waals surface area contributed by atoms with Crippen LogP contribution in [0, 0.1) is 0 Å². The summed E-state index contributed by atoms with van der Waals surface area (Å²) in [5.74, 6) is 1.68. The van der Waals surface area contributed by atoms with Gasteiger partial charge in [0.15, 0.2) is 0 Å². The predicted molar refractivity (Wildman–Crippen MR) is 433 cm³/mol. The van der Waals surface area contributed by atoms with E-state index in [0.29, 0.717) is 0 Å². The van der Waals surface area contributed by atoms with Crippen molar-refractivity contribution in [2.75, 3.05) is 4.90 Å². The first kappa shape index (κ1) is 58.0. The van der Waals surface area contributed by atoms with Crippen LogP contribution in [0.4, 0.5) is 17.1 Å². The molecule has 0 unspecified atom stereocenters. The van der Waals surface area contributed by atoms with E-state index in [1.54, 1.807) is 0 Å². The molecule has 4 aromatic heterocycles. The van der Waals surface area contributed by atoms with Gasteiger partial charge in [-0.2, -0.15) is 0 Å². The van der Waals surface area contributed by atoms with E-state index in [1.165, 1.54) is 106 Å². The molecular formula is C94H62BN3OS2. The molecule has 2 aliphatic heterocycles. The molecule has 2 aliphatic rings. The normalized spacial score (nSPS) is 12.7. The molecule has 0 bridgehead atoms. The average Bonchev–Trinajstić information content (AvgIpc) is 1.58. The summed E-state index contributed by atoms with van der Waals surface area (Å²) in [6, 6.07) is 121. The van der Waals surface area contributed by atoms with Gasteiger partial charge in [-0.15, -0.1) is 22.7 Å². The molecule has 19 aromatic rings. The lowest BCUT2D eigenvalue weighted by Crippen LogP contribution is -2.59. The van der Waals surface area contributed by atoms with Gasteiger partial charge in [0.25, 0.3) is 6.71 Å². The fourth-order valence-electron chi connectivity index (χ4n) is 17.1. The lowest BCUT2D eigenvalue weighted by atomic mass is 9.34. The van der Waals surface area contributed by atoms with Crippen molar-refractivity contribution in [1.29, 1.82) is 0 Å². The Morgan fingerprint density at radius 2 is 0.822 bits per heavy atom. The molecule has 0 saturated heterocycles. The van der Waals surface area contributed by atoms with Crippen molar-refractivity contribution in [3.63, 3.8) is 0 Å². The second-order valence-electron chi connectivity index (χ2n) is 28.2. The second kappa shape index (κ2) is 22.3. The largest absolute Gasteiger partial charge is 0.458 e. The van der Waals surface area contributed by atoms with E-state index in [0.717, 1.165) is 95.3 Å². The SMILES string of the molecule is CC(C)(C)c1ccc(N2c3ccc(-c4c(-c5cccc6sc7ccccc7c56)cccc4-n4c5ccccc5c5ccccc54)cc3B3c4ccc(-c5ccccc5)cc4Oc4cc(-c5c(-c6cccc7c6sc6ccccc67)cccc5-n5c6ccccc6c6ccccc65)cc2c43)cc1. The standard InChI is InChI=1S/C94H62BN3OS2/c1-94(2,3)61-47-49-62(50-48-61)96-80-52-46-59(89-68(69-33-22-44-88-91(69)73-30-12-18-43-87(73)100-88)31-20-40-81(89)97-76-36-13-7-25-63(76)64-26-8-14-37-77(64)97)53-75(80)95-74-51-45-58(57-23-5-4-6-24-57)55-84(74)99-85-56-60(54-83(96)92(85)95)90-70(72-35-19-34-71-67-29-11-17-42-86(67)101-93(71)72)32-21-41-82(90)98-78-38-15-9-27-65(78)66-28-10-16-39-79(66)98/h4-56H,1-3H3. The van der Waals surface area contributed by atoms with Gasteiger partial charge in [-0.1, -0.05) is 251 Å². The first-order valence-corrected chi connectivity index (χ1v) is 36.5. The summed E-state index contributed by atoms with van der Waals surface area (Å²) in [5.41, 5.74) is 26.2. The average molecular weight is 1320 g/mol. The molecule has 0 spiro atoms. The summed E-state index contributed by atoms with van der Waals surface area (Å²) in [6.07, 6.45) is 0. The fourth-order valence-corrected chi connectivity index (χ4v) is 19.4. The van der Waals surface area contributed by atoms with Gasteiger partial charge in [-0.25, -0.2) is 0 Å². The number of para-hydroxylation sites is 4. The van der Waals surface area contributed by atoms with E-state index in [4.69, 9.17) is 4.74 Å². The molecule has 15 aromatic carbocycles. The zero-order valence-electron chi connectivity index (χ0n) is 55.7. The highest BCUT2D eigenvalue weighted by molar-refractivity contribution is 7.26. The molecule has 7 heteroatoms. The molecule has 0 radical (unpaired) electrons. The summed E-state index contributed by atoms with van der Waals surface area (Å²) in [6.45, 7) is 6.66. The summed E-state index contributed by atoms with van der Waals surface area (Å²) < 4.78 is 17.9. The first-order valence-electron chi connectivity index (χ1n) is 34.9. The molecule has 0 amide bonds. The molecule has 6 heterocycles. The molecule has 21 rings (SSSR count). The van der Waals surface area contributed by atoms with Crippen LogP contribution in [0.1, 0.15) is 26.3 Å². The molecule has 101 heavy (non-hydrogen) atoms. The van der Waals surface area contributed by atoms with Gasteiger partial charge >= 0.3 is 0 Å². The quantitative estimate of drug-likeness (QED) is 0.142. The number of thiophene rings is 2. The van der Waals surface area contributed by atoms with E-state index in [-0.39, 0.29) is 12.1 Å². The van der Waals surface area contributed by atoms with Crippen LogP contribution in [-0.2, 0) is 5.41 Å². The van der Waals surface area contributed by atoms with Crippen LogP contribution in [0.25, 0.3) is 151 Å². The van der Waals surface area contributed by atoms with Crippen LogP contribution in [0.3, 0.4) is 0 Å². The zero-order valence-corrected chi connectivity index (χ0v) is 57.4. The Hall–Kier alpha value is -12.0. The lowest BCUT2D eigenvalue weighted by Gasteiger charge is -2.41. The lowest BCUT2D eigenvalue weighted by molar-refractivity contribution is 0.488. The van der Waals surface area contributed by atoms with Crippen molar-refractivity contribution in [2.24, 2.45) is 0 Å². The van der Waals surface area contributed by atoms with Crippen LogP contribution in [0.2, 0.25) is 0 Å². The van der Waals surface area contributed by atoms with Gasteiger partial charge in [0.2, 0.25) is 0 Å². The number of rotatable bonds is 8. The number of ether oxygens (including phenoxy) is 1. The van der Waals surface area contributed by atoms with Crippen molar-refractivity contribution in [1.82, 2.24) is 9.13 Å². The predicted octanol–water partition coefficient (Wildman–Crippen LogP) is 24.7. The van der Waals surface area contributed by atoms with E-state index < -0.39 is 0 Å². The molecular weight excluding hydrogens is 1260 g/mol. The second-order valence-corrected chi connectivity index (χ2v) is 30.3. The highest BCUT2D eigenvalue weighted by Crippen LogP contribution is 2.52. The van der Waals surface area contributed by atoms with Crippen LogP contribution in [0.5, 0.6) is 11.5 Å². The molecule has 474 valence electrons. The van der Waals surface area contributed by atoms with Gasteiger partial charge < -0.3 is 18.8 Å². The van der Waals surface area contributed by atoms with Crippen molar-refractivity contribution >= 4 is 147 Å². The minimum atomic E-state index is -0.255. The third-order valence-electron chi connectivity index (χ3n) is 21.6. The van der Waals surface area contributed by atoms with Gasteiger partial charge in [0.1, 0.15) is 11.5 Å². The molecule has 0 N–H and O–H groups in total. The Kier molecular flexibility index (Phi) is 12.8. The van der Waals surface area contributed by atoms with Gasteiger partial charge in [0, 0.05) is 95.6 Å². The minimum absolute atomic E-state index is 0.0706. The topological polar surface area (TPSA) is 22.3 Å². The highest BCUT2D eigenvalue weighted by Gasteiger charge is 2.43. The Morgan fingerprint density at radius 3 is 1.48 bits per heavy atom. The third-order valence-corrected chi connectivity index (χ3v) is 23.9. The summed E-state index contributed by atoms with van der Waals surface area (Å²) in [5, 5.41) is 9.96. The number of aromatic nitrogens is 2. The molecule has 0 atom stereocenters. The monoisotopic (exact) mass is 1320 g/mol. The van der Waals surface area contributed by atoms with Gasteiger partial charge in [-0.05, 0) is 157 Å². The maximum atomic E-state index is 7.81. The summed E-state index contributed by atoms with van der Waals surface area (Å²) in [4.78, 5) is 2.56. The van der Waals surface area contributed by atoms with Gasteiger partial charge in [0.05, 0.1) is 33.4 Å². The number of hydrogen-bond acceptors (Lipinski definition) is 4. The fraction of sp³-hybridized carbons (Fsp3) is 0.0426. The third kappa shape index (κ3) is 8.80. The van der Waals surface area contributed by atoms with Gasteiger partial charge in [-0.3, -0.25) is 0 Å². The minimum Gasteiger partial charge on any atom is -0.458 e. The zero-order chi connectivity index (χ0) is 66.8. The van der Waals surface area contributed by atoms with Crippen molar-refractivity contribution < 1.29 is 4.74 Å². The van der Waals surface area contributed by atoms with Crippen molar-refractivity contribution in [3.05, 3.63) is 327 Å². The Labute approximate surface area is 593 Å². The molecule has 0 aliphatic carbocycles. The smallest absolute Gasteiger partial charge is 0.256 e. The van der Waals surface area contributed by atoms with E-state index in [1.807, 2.05) is 22.7 Å². The molecule has 4 nitrogen and oxygen atoms in total. The summed E-state index contributed by atoms with van der Waals surface area (Å²) >= 11 is 3.75. The van der Waals surface area contributed by atoms with Crippen LogP contribution >= 0.6 is 22.7 Å². The van der Waals surface area contributed by atoms with Crippen LogP contribution in [-0.4, -0.2) is 15.8 Å². The number of fused-ring (bicyclic) bond motifs is 16. The van der Waals surface area contributed by atoms with Crippen LogP contribution < -0.4 is 26.0 Å². The first-order chi connectivity index (χ1) is 49.8. The molecule has 0 fully saturated rings. The maximum absolute atomic E-state index is 7.81. The molecule has 0 saturated carbocycles. The van der Waals surface area contributed by atoms with E-state index >= 15 is 0 Å². The Bertz CT molecular complexity index is 6570. The Morgan fingerprint density at radius 1 is 0.317 bits per heavy atom. The summed E-state index contributed by atoms with van der Waals surface area (Å²) in [7, 11) is 0.